The van der Waals surface area contributed by atoms with Gasteiger partial charge in [-0.3, -0.25) is 4.68 Å². The maximum Gasteiger partial charge on any atom is 0.317 e. The van der Waals surface area contributed by atoms with Gasteiger partial charge in [0.1, 0.15) is 0 Å². The fourth-order valence-electron chi connectivity index (χ4n) is 3.50. The number of hydrogen-bond donors (Lipinski definition) is 2. The van der Waals surface area contributed by atoms with Crippen LogP contribution < -0.4 is 5.32 Å². The van der Waals surface area contributed by atoms with Crippen molar-refractivity contribution in [3.63, 3.8) is 0 Å². The molecule has 1 saturated heterocycles. The van der Waals surface area contributed by atoms with Crippen molar-refractivity contribution < 1.29 is 9.90 Å². The fraction of sp³-hybridized carbons (Fsp3) is 0.750. The number of nitrogens with one attached hydrogen (secondary N) is 1. The number of carbonyl (C=O) groups excluding carboxylic acids is 1. The van der Waals surface area contributed by atoms with E-state index in [2.05, 4.69) is 24.3 Å². The van der Waals surface area contributed by atoms with E-state index in [4.69, 9.17) is 0 Å². The van der Waals surface area contributed by atoms with Crippen molar-refractivity contribution in [2.75, 3.05) is 19.7 Å². The Bertz CT molecular complexity index is 500. The Morgan fingerprint density at radius 3 is 2.91 bits per heavy atom. The molecule has 0 aromatic carbocycles. The molecular formula is C16H28N4O2. The summed E-state index contributed by atoms with van der Waals surface area (Å²) < 4.78 is 1.82. The molecule has 1 aliphatic heterocycles. The standard InChI is InChI=1S/C16H28N4O2/c1-13(2)11-16(12-21)7-4-10-20(16)15(22)17-8-5-14-6-9-18-19(14)3/h6,9,13,21H,4-5,7-8,10-12H2,1-3H3,(H,17,22)/t16-/m1/s1. The first-order valence-corrected chi connectivity index (χ1v) is 8.12. The molecule has 0 aliphatic carbocycles. The van der Waals surface area contributed by atoms with E-state index in [1.165, 1.54) is 0 Å². The molecule has 2 heterocycles. The highest BCUT2D eigenvalue weighted by Gasteiger charge is 2.43. The summed E-state index contributed by atoms with van der Waals surface area (Å²) in [4.78, 5) is 14.3. The summed E-state index contributed by atoms with van der Waals surface area (Å²) >= 11 is 0. The number of aromatic nitrogens is 2. The summed E-state index contributed by atoms with van der Waals surface area (Å²) in [5, 5.41) is 17.0. The van der Waals surface area contributed by atoms with Crippen LogP contribution in [0.3, 0.4) is 0 Å². The number of carbonyl (C=O) groups is 1. The lowest BCUT2D eigenvalue weighted by Crippen LogP contribution is -2.54. The molecule has 2 N–H and O–H groups in total. The number of rotatable bonds is 6. The predicted molar refractivity (Wildman–Crippen MR) is 85.5 cm³/mol. The number of likely N-dealkylation sites (tertiary alicyclic amines) is 1. The van der Waals surface area contributed by atoms with Crippen LogP contribution in [0.1, 0.15) is 38.8 Å². The van der Waals surface area contributed by atoms with Gasteiger partial charge in [0.05, 0.1) is 12.1 Å². The van der Waals surface area contributed by atoms with Crippen molar-refractivity contribution in [2.24, 2.45) is 13.0 Å². The summed E-state index contributed by atoms with van der Waals surface area (Å²) in [6.45, 7) is 5.62. The van der Waals surface area contributed by atoms with E-state index in [1.807, 2.05) is 22.7 Å². The summed E-state index contributed by atoms with van der Waals surface area (Å²) in [6.07, 6.45) is 5.21. The third-order valence-electron chi connectivity index (χ3n) is 4.50. The molecule has 1 fully saturated rings. The number of hydrogen-bond acceptors (Lipinski definition) is 3. The molecule has 1 aromatic heterocycles. The molecule has 1 atom stereocenters. The van der Waals surface area contributed by atoms with E-state index >= 15 is 0 Å². The van der Waals surface area contributed by atoms with Crippen LogP contribution in [0, 0.1) is 5.92 Å². The highest BCUT2D eigenvalue weighted by Crippen LogP contribution is 2.34. The van der Waals surface area contributed by atoms with Gasteiger partial charge in [0, 0.05) is 38.4 Å². The van der Waals surface area contributed by atoms with Gasteiger partial charge in [-0.25, -0.2) is 4.79 Å². The van der Waals surface area contributed by atoms with Crippen molar-refractivity contribution in [1.82, 2.24) is 20.0 Å². The Kier molecular flexibility index (Phi) is 5.45. The van der Waals surface area contributed by atoms with Crippen molar-refractivity contribution in [1.29, 1.82) is 0 Å². The second-order valence-electron chi connectivity index (χ2n) is 6.66. The Hall–Kier alpha value is -1.56. The van der Waals surface area contributed by atoms with Gasteiger partial charge < -0.3 is 15.3 Å². The van der Waals surface area contributed by atoms with Crippen LogP contribution in [0.5, 0.6) is 0 Å². The van der Waals surface area contributed by atoms with E-state index in [1.54, 1.807) is 6.20 Å². The Labute approximate surface area is 132 Å². The second-order valence-corrected chi connectivity index (χ2v) is 6.66. The molecule has 2 rings (SSSR count). The molecule has 0 radical (unpaired) electrons. The smallest absolute Gasteiger partial charge is 0.317 e. The highest BCUT2D eigenvalue weighted by molar-refractivity contribution is 5.75. The Balaban J connectivity index is 1.91. The number of nitrogens with zero attached hydrogens (tertiary/aromatic N) is 3. The zero-order valence-electron chi connectivity index (χ0n) is 13.9. The molecule has 22 heavy (non-hydrogen) atoms. The first-order chi connectivity index (χ1) is 10.5. The number of urea groups is 1. The van der Waals surface area contributed by atoms with E-state index in [-0.39, 0.29) is 18.2 Å². The summed E-state index contributed by atoms with van der Waals surface area (Å²) in [5.74, 6) is 0.454. The van der Waals surface area contributed by atoms with Gasteiger partial charge in [0.15, 0.2) is 0 Å². The molecule has 2 amide bonds. The maximum absolute atomic E-state index is 12.5. The molecule has 0 unspecified atom stereocenters. The molecule has 0 saturated carbocycles. The van der Waals surface area contributed by atoms with Crippen LogP contribution in [0.15, 0.2) is 12.3 Å². The number of aliphatic hydroxyl groups is 1. The minimum atomic E-state index is -0.384. The highest BCUT2D eigenvalue weighted by atomic mass is 16.3. The third-order valence-corrected chi connectivity index (χ3v) is 4.50. The lowest BCUT2D eigenvalue weighted by atomic mass is 9.87. The van der Waals surface area contributed by atoms with E-state index in [0.717, 1.165) is 37.9 Å². The van der Waals surface area contributed by atoms with Crippen molar-refractivity contribution in [3.05, 3.63) is 18.0 Å². The average Bonchev–Trinajstić information content (AvgIpc) is 3.05. The Morgan fingerprint density at radius 2 is 2.32 bits per heavy atom. The topological polar surface area (TPSA) is 70.4 Å². The zero-order chi connectivity index (χ0) is 16.2. The van der Waals surface area contributed by atoms with Crippen molar-refractivity contribution in [2.45, 2.75) is 45.1 Å². The molecule has 0 bridgehead atoms. The van der Waals surface area contributed by atoms with Gasteiger partial charge in [-0.15, -0.1) is 0 Å². The van der Waals surface area contributed by atoms with Crippen LogP contribution in [-0.4, -0.2) is 51.1 Å². The van der Waals surface area contributed by atoms with Crippen molar-refractivity contribution >= 4 is 6.03 Å². The third kappa shape index (κ3) is 3.61. The van der Waals surface area contributed by atoms with Gasteiger partial charge in [0.2, 0.25) is 0 Å². The summed E-state index contributed by atoms with van der Waals surface area (Å²) in [7, 11) is 1.90. The monoisotopic (exact) mass is 308 g/mol. The van der Waals surface area contributed by atoms with Gasteiger partial charge in [0.25, 0.3) is 0 Å². The number of amides is 2. The van der Waals surface area contributed by atoms with Crippen LogP contribution in [0.2, 0.25) is 0 Å². The molecular weight excluding hydrogens is 280 g/mol. The minimum absolute atomic E-state index is 0.0420. The van der Waals surface area contributed by atoms with Crippen LogP contribution in [0.25, 0.3) is 0 Å². The molecule has 6 heteroatoms. The lowest BCUT2D eigenvalue weighted by molar-refractivity contribution is 0.0677. The minimum Gasteiger partial charge on any atom is -0.394 e. The normalized spacial score (nSPS) is 21.6. The van der Waals surface area contributed by atoms with Crippen LogP contribution >= 0.6 is 0 Å². The molecule has 1 aliphatic rings. The maximum atomic E-state index is 12.5. The largest absolute Gasteiger partial charge is 0.394 e. The SMILES string of the molecule is CC(C)C[C@@]1(CO)CCCN1C(=O)NCCc1ccnn1C. The summed E-state index contributed by atoms with van der Waals surface area (Å²) in [6, 6.07) is 1.90. The van der Waals surface area contributed by atoms with Gasteiger partial charge in [-0.05, 0) is 31.2 Å². The first kappa shape index (κ1) is 16.8. The van der Waals surface area contributed by atoms with Crippen LogP contribution in [0.4, 0.5) is 4.79 Å². The van der Waals surface area contributed by atoms with Gasteiger partial charge >= 0.3 is 6.03 Å². The average molecular weight is 308 g/mol. The number of aryl methyl sites for hydroxylation is 1. The molecule has 124 valence electrons. The van der Waals surface area contributed by atoms with E-state index in [0.29, 0.717) is 12.5 Å². The number of aliphatic hydroxyl groups excluding tert-OH is 1. The molecule has 6 nitrogen and oxygen atoms in total. The summed E-state index contributed by atoms with van der Waals surface area (Å²) in [5.41, 5.74) is 0.711. The predicted octanol–water partition coefficient (Wildman–Crippen LogP) is 1.55. The lowest BCUT2D eigenvalue weighted by Gasteiger charge is -2.38. The van der Waals surface area contributed by atoms with Crippen LogP contribution in [-0.2, 0) is 13.5 Å². The van der Waals surface area contributed by atoms with E-state index in [9.17, 15) is 9.90 Å². The molecule has 0 spiro atoms. The zero-order valence-corrected chi connectivity index (χ0v) is 13.9. The fourth-order valence-corrected chi connectivity index (χ4v) is 3.50. The molecule has 1 aromatic rings. The first-order valence-electron chi connectivity index (χ1n) is 8.12. The Morgan fingerprint density at radius 1 is 1.55 bits per heavy atom. The second kappa shape index (κ2) is 7.13. The van der Waals surface area contributed by atoms with Crippen molar-refractivity contribution in [3.8, 4) is 0 Å². The van der Waals surface area contributed by atoms with E-state index < -0.39 is 0 Å². The van der Waals surface area contributed by atoms with Gasteiger partial charge in [-0.1, -0.05) is 13.8 Å². The van der Waals surface area contributed by atoms with Gasteiger partial charge in [-0.2, -0.15) is 5.10 Å². The quantitative estimate of drug-likeness (QED) is 0.837.